The fourth-order valence-corrected chi connectivity index (χ4v) is 1.44. The van der Waals surface area contributed by atoms with E-state index in [9.17, 15) is 14.4 Å². The molecule has 0 saturated heterocycles. The lowest BCUT2D eigenvalue weighted by atomic mass is 10.1. The van der Waals surface area contributed by atoms with Crippen LogP contribution in [0.5, 0.6) is 0 Å². The number of carbonyl (C=O) groups is 3. The molecule has 3 N–H and O–H groups in total. The molecule has 2 amide bonds. The maximum Gasteiger partial charge on any atom is 0.315 e. The van der Waals surface area contributed by atoms with Crippen LogP contribution >= 0.6 is 11.6 Å². The van der Waals surface area contributed by atoms with Crippen molar-refractivity contribution < 1.29 is 19.5 Å². The number of rotatable bonds is 4. The van der Waals surface area contributed by atoms with Crippen LogP contribution in [0.3, 0.4) is 0 Å². The highest BCUT2D eigenvalue weighted by Crippen LogP contribution is 2.26. The zero-order chi connectivity index (χ0) is 14.6. The molecule has 1 aromatic carbocycles. The minimum Gasteiger partial charge on any atom is -0.481 e. The summed E-state index contributed by atoms with van der Waals surface area (Å²) in [4.78, 5) is 33.4. The van der Waals surface area contributed by atoms with Crippen molar-refractivity contribution in [3.8, 4) is 0 Å². The van der Waals surface area contributed by atoms with Crippen molar-refractivity contribution in [1.29, 1.82) is 0 Å². The molecule has 6 nitrogen and oxygen atoms in total. The molecule has 1 unspecified atom stereocenters. The predicted octanol–water partition coefficient (Wildman–Crippen LogP) is 1.96. The Bertz CT molecular complexity index is 530. The average Bonchev–Trinajstić information content (AvgIpc) is 2.30. The maximum atomic E-state index is 11.6. The van der Waals surface area contributed by atoms with E-state index in [1.807, 2.05) is 0 Å². The number of benzene rings is 1. The number of anilines is 2. The van der Waals surface area contributed by atoms with Gasteiger partial charge in [-0.15, -0.1) is 0 Å². The maximum absolute atomic E-state index is 11.6. The molecule has 0 saturated carbocycles. The van der Waals surface area contributed by atoms with Crippen molar-refractivity contribution in [2.75, 3.05) is 10.6 Å². The number of carbonyl (C=O) groups excluding carboxylic acids is 2. The van der Waals surface area contributed by atoms with Crippen LogP contribution < -0.4 is 10.6 Å². The van der Waals surface area contributed by atoms with Crippen molar-refractivity contribution in [3.05, 3.63) is 23.2 Å². The fraction of sp³-hybridized carbons (Fsp3) is 0.250. The van der Waals surface area contributed by atoms with Gasteiger partial charge in [-0.05, 0) is 25.1 Å². The minimum atomic E-state index is -1.23. The summed E-state index contributed by atoms with van der Waals surface area (Å²) < 4.78 is 0. The molecule has 1 rings (SSSR count). The summed E-state index contributed by atoms with van der Waals surface area (Å²) in [6.45, 7) is 2.58. The molecule has 102 valence electrons. The van der Waals surface area contributed by atoms with Gasteiger partial charge in [0.15, 0.2) is 0 Å². The van der Waals surface area contributed by atoms with Gasteiger partial charge in [-0.1, -0.05) is 11.6 Å². The van der Waals surface area contributed by atoms with Gasteiger partial charge in [0.2, 0.25) is 11.8 Å². The van der Waals surface area contributed by atoms with Gasteiger partial charge in [-0.25, -0.2) is 0 Å². The Labute approximate surface area is 114 Å². The second-order valence-electron chi connectivity index (χ2n) is 3.92. The number of aliphatic carboxylic acids is 1. The number of carboxylic acids is 1. The smallest absolute Gasteiger partial charge is 0.315 e. The molecule has 1 aromatic rings. The van der Waals surface area contributed by atoms with Crippen molar-refractivity contribution in [3.63, 3.8) is 0 Å². The third-order valence-electron chi connectivity index (χ3n) is 2.31. The van der Waals surface area contributed by atoms with E-state index in [2.05, 4.69) is 10.6 Å². The van der Waals surface area contributed by atoms with Gasteiger partial charge >= 0.3 is 5.97 Å². The molecule has 0 aliphatic carbocycles. The Morgan fingerprint density at radius 2 is 1.84 bits per heavy atom. The highest BCUT2D eigenvalue weighted by molar-refractivity contribution is 6.31. The average molecular weight is 285 g/mol. The molecule has 7 heteroatoms. The normalized spacial score (nSPS) is 11.5. The zero-order valence-electron chi connectivity index (χ0n) is 10.4. The SMILES string of the molecule is CC(=O)Nc1cc(Cl)ccc1NC(=O)C(C)C(=O)O. The highest BCUT2D eigenvalue weighted by Gasteiger charge is 2.21. The molecule has 0 aliphatic heterocycles. The molecule has 0 aromatic heterocycles. The monoisotopic (exact) mass is 284 g/mol. The van der Waals surface area contributed by atoms with Crippen LogP contribution in [0.2, 0.25) is 5.02 Å². The second kappa shape index (κ2) is 6.19. The quantitative estimate of drug-likeness (QED) is 0.737. The molecule has 0 spiro atoms. The third-order valence-corrected chi connectivity index (χ3v) is 2.55. The van der Waals surface area contributed by atoms with Crippen molar-refractivity contribution in [1.82, 2.24) is 0 Å². The van der Waals surface area contributed by atoms with Crippen LogP contribution in [0.1, 0.15) is 13.8 Å². The Balaban J connectivity index is 2.97. The van der Waals surface area contributed by atoms with Gasteiger partial charge in [0.25, 0.3) is 0 Å². The van der Waals surface area contributed by atoms with Gasteiger partial charge in [-0.2, -0.15) is 0 Å². The first kappa shape index (κ1) is 15.0. The van der Waals surface area contributed by atoms with E-state index in [0.29, 0.717) is 10.7 Å². The van der Waals surface area contributed by atoms with Crippen LogP contribution in [0.25, 0.3) is 0 Å². The summed E-state index contributed by atoms with van der Waals surface area (Å²) in [6.07, 6.45) is 0. The van der Waals surface area contributed by atoms with Gasteiger partial charge in [0, 0.05) is 11.9 Å². The van der Waals surface area contributed by atoms with Gasteiger partial charge < -0.3 is 15.7 Å². The molecule has 19 heavy (non-hydrogen) atoms. The van der Waals surface area contributed by atoms with Crippen LogP contribution in [0.4, 0.5) is 11.4 Å². The standard InChI is InChI=1S/C12H13ClN2O4/c1-6(12(18)19)11(17)15-9-4-3-8(13)5-10(9)14-7(2)16/h3-6H,1-2H3,(H,14,16)(H,15,17)(H,18,19). The van der Waals surface area contributed by atoms with E-state index < -0.39 is 17.8 Å². The number of hydrogen-bond acceptors (Lipinski definition) is 3. The Morgan fingerprint density at radius 1 is 1.21 bits per heavy atom. The van der Waals surface area contributed by atoms with Crippen LogP contribution in [0, 0.1) is 5.92 Å². The lowest BCUT2D eigenvalue weighted by Gasteiger charge is -2.13. The lowest BCUT2D eigenvalue weighted by molar-refractivity contribution is -0.144. The number of carboxylic acid groups (broad SMARTS) is 1. The first-order chi connectivity index (χ1) is 8.81. The number of hydrogen-bond donors (Lipinski definition) is 3. The van der Waals surface area contributed by atoms with E-state index in [1.54, 1.807) is 0 Å². The summed E-state index contributed by atoms with van der Waals surface area (Å²) in [7, 11) is 0. The van der Waals surface area contributed by atoms with Crippen LogP contribution in [-0.4, -0.2) is 22.9 Å². The number of amides is 2. The van der Waals surface area contributed by atoms with E-state index in [-0.39, 0.29) is 11.6 Å². The van der Waals surface area contributed by atoms with E-state index in [1.165, 1.54) is 32.0 Å². The molecule has 0 aliphatic rings. The first-order valence-electron chi connectivity index (χ1n) is 5.42. The van der Waals surface area contributed by atoms with Crippen molar-refractivity contribution >= 4 is 40.8 Å². The number of halogens is 1. The van der Waals surface area contributed by atoms with Crippen molar-refractivity contribution in [2.45, 2.75) is 13.8 Å². The van der Waals surface area contributed by atoms with Crippen LogP contribution in [0.15, 0.2) is 18.2 Å². The summed E-state index contributed by atoms with van der Waals surface area (Å²) in [5.74, 6) is -3.43. The Kier molecular flexibility index (Phi) is 4.88. The van der Waals surface area contributed by atoms with Gasteiger partial charge in [-0.3, -0.25) is 14.4 Å². The molecule has 0 radical (unpaired) electrons. The molecular weight excluding hydrogens is 272 g/mol. The Hall–Kier alpha value is -2.08. The second-order valence-corrected chi connectivity index (χ2v) is 4.36. The molecule has 0 fully saturated rings. The van der Waals surface area contributed by atoms with Crippen molar-refractivity contribution in [2.24, 2.45) is 5.92 Å². The van der Waals surface area contributed by atoms with E-state index in [0.717, 1.165) is 0 Å². The first-order valence-corrected chi connectivity index (χ1v) is 5.80. The largest absolute Gasteiger partial charge is 0.481 e. The van der Waals surface area contributed by atoms with Crippen LogP contribution in [-0.2, 0) is 14.4 Å². The van der Waals surface area contributed by atoms with Gasteiger partial charge in [0.05, 0.1) is 11.4 Å². The minimum absolute atomic E-state index is 0.290. The summed E-state index contributed by atoms with van der Waals surface area (Å²) in [6, 6.07) is 4.47. The Morgan fingerprint density at radius 3 is 2.37 bits per heavy atom. The predicted molar refractivity (Wildman–Crippen MR) is 71.2 cm³/mol. The molecule has 1 atom stereocenters. The third kappa shape index (κ3) is 4.26. The van der Waals surface area contributed by atoms with E-state index in [4.69, 9.17) is 16.7 Å². The summed E-state index contributed by atoms with van der Waals surface area (Å²) in [5.41, 5.74) is 0.601. The zero-order valence-corrected chi connectivity index (χ0v) is 11.1. The van der Waals surface area contributed by atoms with Gasteiger partial charge in [0.1, 0.15) is 5.92 Å². The molecular formula is C12H13ClN2O4. The lowest BCUT2D eigenvalue weighted by Crippen LogP contribution is -2.27. The highest BCUT2D eigenvalue weighted by atomic mass is 35.5. The summed E-state index contributed by atoms with van der Waals surface area (Å²) in [5, 5.41) is 14.1. The summed E-state index contributed by atoms with van der Waals surface area (Å²) >= 11 is 5.79. The molecule has 0 heterocycles. The fourth-order valence-electron chi connectivity index (χ4n) is 1.27. The topological polar surface area (TPSA) is 95.5 Å². The van der Waals surface area contributed by atoms with E-state index >= 15 is 0 Å². The number of nitrogens with one attached hydrogen (secondary N) is 2. The molecule has 0 bridgehead atoms.